The number of pyridine rings is 2. The molecule has 2 aliphatic heterocycles. The Labute approximate surface area is 168 Å². The number of aromatic nitrogens is 6. The van der Waals surface area contributed by atoms with Crippen LogP contribution in [0, 0.1) is 0 Å². The molecule has 8 heteroatoms. The van der Waals surface area contributed by atoms with Crippen LogP contribution in [-0.4, -0.2) is 36.8 Å². The molecule has 4 heterocycles. The highest BCUT2D eigenvalue weighted by atomic mass is 16.5. The quantitative estimate of drug-likeness (QED) is 0.575. The lowest BCUT2D eigenvalue weighted by atomic mass is 10.1. The molecule has 4 rings (SSSR count). The largest absolute Gasteiger partial charge is 0.494 e. The topological polar surface area (TPSA) is 98.6 Å². The van der Waals surface area contributed by atoms with Crippen molar-refractivity contribution in [1.29, 1.82) is 0 Å². The van der Waals surface area contributed by atoms with E-state index in [0.29, 0.717) is 34.9 Å². The highest BCUT2D eigenvalue weighted by Crippen LogP contribution is 2.31. The van der Waals surface area contributed by atoms with Crippen molar-refractivity contribution in [2.75, 3.05) is 7.11 Å². The van der Waals surface area contributed by atoms with E-state index in [2.05, 4.69) is 40.8 Å². The van der Waals surface area contributed by atoms with Crippen LogP contribution in [0.15, 0.2) is 47.8 Å². The fourth-order valence-electron chi connectivity index (χ4n) is 3.26. The monoisotopic (exact) mass is 390 g/mol. The summed E-state index contributed by atoms with van der Waals surface area (Å²) >= 11 is 0. The van der Waals surface area contributed by atoms with Gasteiger partial charge in [0.25, 0.3) is 5.56 Å². The molecule has 0 aromatic carbocycles. The van der Waals surface area contributed by atoms with Gasteiger partial charge in [0.1, 0.15) is 11.3 Å². The second-order valence-corrected chi connectivity index (χ2v) is 7.76. The highest BCUT2D eigenvalue weighted by molar-refractivity contribution is 5.68. The lowest BCUT2D eigenvalue weighted by molar-refractivity contribution is 0.355. The van der Waals surface area contributed by atoms with Gasteiger partial charge in [0.2, 0.25) is 0 Å². The Morgan fingerprint density at radius 1 is 1.07 bits per heavy atom. The van der Waals surface area contributed by atoms with Gasteiger partial charge >= 0.3 is 0 Å². The van der Waals surface area contributed by atoms with Crippen LogP contribution in [0.25, 0.3) is 22.8 Å². The van der Waals surface area contributed by atoms with Crippen molar-refractivity contribution in [3.63, 3.8) is 0 Å². The average molecular weight is 390 g/mol. The van der Waals surface area contributed by atoms with E-state index < -0.39 is 0 Å². The third kappa shape index (κ3) is 3.49. The summed E-state index contributed by atoms with van der Waals surface area (Å²) in [5.74, 6) is 1.39. The minimum Gasteiger partial charge on any atom is -0.494 e. The maximum atomic E-state index is 13.1. The number of rotatable bonds is 4. The summed E-state index contributed by atoms with van der Waals surface area (Å²) in [5.41, 5.74) is 2.30. The van der Waals surface area contributed by atoms with E-state index in [1.807, 2.05) is 16.8 Å². The number of ether oxygens (including phenoxy) is 1. The van der Waals surface area contributed by atoms with Crippen LogP contribution in [0.3, 0.4) is 0 Å². The summed E-state index contributed by atoms with van der Waals surface area (Å²) in [4.78, 5) is 30.2. The molecule has 148 valence electrons. The Kier molecular flexibility index (Phi) is 4.62. The minimum absolute atomic E-state index is 0.310. The number of fused-ring (bicyclic) bond motifs is 1. The number of hydrogen-bond donors (Lipinski definition) is 1. The summed E-state index contributed by atoms with van der Waals surface area (Å²) in [5, 5.41) is 3.38. The number of hydrogen-bond acceptors (Lipinski definition) is 6. The van der Waals surface area contributed by atoms with E-state index in [1.54, 1.807) is 38.0 Å². The lowest BCUT2D eigenvalue weighted by Crippen LogP contribution is -2.25. The predicted molar refractivity (Wildman–Crippen MR) is 109 cm³/mol. The molecule has 0 spiro atoms. The zero-order chi connectivity index (χ0) is 20.6. The van der Waals surface area contributed by atoms with Crippen LogP contribution >= 0.6 is 0 Å². The van der Waals surface area contributed by atoms with Crippen molar-refractivity contribution in [2.24, 2.45) is 0 Å². The first-order chi connectivity index (χ1) is 13.9. The van der Waals surface area contributed by atoms with Gasteiger partial charge in [0, 0.05) is 25.0 Å². The highest BCUT2D eigenvalue weighted by Gasteiger charge is 2.28. The molecule has 0 amide bonds. The minimum atomic E-state index is -0.327. The fraction of sp³-hybridized carbons (Fsp3) is 0.286. The van der Waals surface area contributed by atoms with Crippen molar-refractivity contribution in [2.45, 2.75) is 32.7 Å². The van der Waals surface area contributed by atoms with Crippen LogP contribution in [0.1, 0.15) is 32.0 Å². The number of nitrogens with zero attached hydrogens (tertiary/aromatic N) is 5. The van der Waals surface area contributed by atoms with E-state index >= 15 is 0 Å². The molecule has 2 aromatic heterocycles. The molecule has 0 saturated heterocycles. The van der Waals surface area contributed by atoms with Gasteiger partial charge in [-0.15, -0.1) is 0 Å². The second-order valence-electron chi connectivity index (χ2n) is 7.76. The first-order valence-corrected chi connectivity index (χ1v) is 9.28. The number of nitrogens with one attached hydrogen (secondary N) is 1. The van der Waals surface area contributed by atoms with Gasteiger partial charge in [-0.2, -0.15) is 4.98 Å². The Bertz CT molecular complexity index is 1170. The van der Waals surface area contributed by atoms with Gasteiger partial charge in [0.05, 0.1) is 30.1 Å². The Morgan fingerprint density at radius 2 is 1.79 bits per heavy atom. The maximum Gasteiger partial charge on any atom is 0.284 e. The molecule has 0 atom stereocenters. The first-order valence-electron chi connectivity index (χ1n) is 9.28. The average Bonchev–Trinajstić information content (AvgIpc) is 3.08. The molecular formula is C21H22N6O2. The number of aromatic amines is 1. The fourth-order valence-corrected chi connectivity index (χ4v) is 3.26. The summed E-state index contributed by atoms with van der Waals surface area (Å²) in [6.45, 7) is 6.16. The zero-order valence-corrected chi connectivity index (χ0v) is 16.8. The zero-order valence-electron chi connectivity index (χ0n) is 16.8. The van der Waals surface area contributed by atoms with Crippen LogP contribution in [0.4, 0.5) is 0 Å². The molecule has 0 radical (unpaired) electrons. The van der Waals surface area contributed by atoms with E-state index in [0.717, 1.165) is 11.3 Å². The van der Waals surface area contributed by atoms with Crippen molar-refractivity contribution in [1.82, 2.24) is 29.7 Å². The molecule has 0 aliphatic carbocycles. The summed E-state index contributed by atoms with van der Waals surface area (Å²) in [7, 11) is 1.55. The normalized spacial score (nSPS) is 11.7. The maximum absolute atomic E-state index is 13.1. The van der Waals surface area contributed by atoms with Crippen LogP contribution < -0.4 is 10.3 Å². The number of methoxy groups -OCH3 is 1. The van der Waals surface area contributed by atoms with Crippen molar-refractivity contribution < 1.29 is 4.74 Å². The van der Waals surface area contributed by atoms with Crippen molar-refractivity contribution in [3.05, 3.63) is 64.6 Å². The Morgan fingerprint density at radius 3 is 2.48 bits per heavy atom. The molecule has 0 fully saturated rings. The lowest BCUT2D eigenvalue weighted by Gasteiger charge is -2.22. The molecule has 0 saturated carbocycles. The first kappa shape index (κ1) is 18.8. The summed E-state index contributed by atoms with van der Waals surface area (Å²) < 4.78 is 7.28. The molecule has 8 nitrogen and oxygen atoms in total. The van der Waals surface area contributed by atoms with E-state index in [9.17, 15) is 4.79 Å². The van der Waals surface area contributed by atoms with Crippen LogP contribution in [0.2, 0.25) is 0 Å². The van der Waals surface area contributed by atoms with E-state index in [4.69, 9.17) is 9.72 Å². The second kappa shape index (κ2) is 7.12. The molecule has 0 unspecified atom stereocenters. The van der Waals surface area contributed by atoms with Crippen molar-refractivity contribution in [3.8, 4) is 28.5 Å². The van der Waals surface area contributed by atoms with Gasteiger partial charge in [-0.05, 0) is 44.5 Å². The van der Waals surface area contributed by atoms with Gasteiger partial charge in [0.15, 0.2) is 11.6 Å². The molecule has 2 aromatic rings. The van der Waals surface area contributed by atoms with E-state index in [-0.39, 0.29) is 11.1 Å². The third-order valence-electron chi connectivity index (χ3n) is 4.66. The number of H-pyrrole nitrogens is 1. The summed E-state index contributed by atoms with van der Waals surface area (Å²) in [6.07, 6.45) is 7.23. The van der Waals surface area contributed by atoms with Gasteiger partial charge in [-0.1, -0.05) is 0 Å². The smallest absolute Gasteiger partial charge is 0.284 e. The molecule has 0 bridgehead atoms. The van der Waals surface area contributed by atoms with Gasteiger partial charge in [-0.3, -0.25) is 24.5 Å². The standard InChI is InChI=1S/C21H22N6O2/c1-21(2,3)27-19-17(15(26-27)11-13-5-8-22-9-6-13)20(28)25-18(24-19)14-7-10-23-12-16(14)29-4/h5-10,12,26H,11H2,1-4H3. The SMILES string of the molecule is COc1cnccc1-c1nc2n(C(C)(C)C)[nH]c(Cc3ccncc3)c-2c(=O)n1. The van der Waals surface area contributed by atoms with Gasteiger partial charge in [-0.25, -0.2) is 4.98 Å². The Balaban J connectivity index is 1.94. The third-order valence-corrected chi connectivity index (χ3v) is 4.66. The van der Waals surface area contributed by atoms with Gasteiger partial charge < -0.3 is 4.74 Å². The van der Waals surface area contributed by atoms with Crippen LogP contribution in [0.5, 0.6) is 5.75 Å². The van der Waals surface area contributed by atoms with E-state index in [1.165, 1.54) is 0 Å². The molecule has 1 N–H and O–H groups in total. The molecular weight excluding hydrogens is 368 g/mol. The van der Waals surface area contributed by atoms with Crippen LogP contribution in [-0.2, 0) is 12.0 Å². The summed E-state index contributed by atoms with van der Waals surface area (Å²) in [6, 6.07) is 5.59. The Hall–Kier alpha value is -3.55. The predicted octanol–water partition coefficient (Wildman–Crippen LogP) is 2.88. The molecule has 2 aliphatic rings. The van der Waals surface area contributed by atoms with Crippen molar-refractivity contribution >= 4 is 0 Å². The molecule has 29 heavy (non-hydrogen) atoms.